The largest absolute Gasteiger partial charge is 0.298 e. The molecule has 58 valence electrons. The fourth-order valence-electron chi connectivity index (χ4n) is 0.640. The van der Waals surface area contributed by atoms with Crippen molar-refractivity contribution in [2.45, 2.75) is 26.4 Å². The molecule has 0 saturated carbocycles. The van der Waals surface area contributed by atoms with Crippen LogP contribution in [0, 0.1) is 0 Å². The third-order valence-electron chi connectivity index (χ3n) is 1.32. The molecule has 0 aliphatic heterocycles. The summed E-state index contributed by atoms with van der Waals surface area (Å²) < 4.78 is 12.7. The maximum atomic E-state index is 12.7. The molecule has 0 radical (unpaired) electrons. The van der Waals surface area contributed by atoms with Crippen molar-refractivity contribution in [2.75, 3.05) is 7.05 Å². The molecule has 0 aromatic carbocycles. The Morgan fingerprint density at radius 3 is 2.70 bits per heavy atom. The first-order chi connectivity index (χ1) is 4.70. The minimum Gasteiger partial charge on any atom is -0.298 e. The average Bonchev–Trinajstić information content (AvgIpc) is 1.88. The zero-order valence-corrected chi connectivity index (χ0v) is 6.76. The molecule has 0 saturated heterocycles. The molecule has 1 unspecified atom stereocenters. The Hall–Kier alpha value is -0.660. The molecule has 0 aromatic heterocycles. The van der Waals surface area contributed by atoms with Gasteiger partial charge >= 0.3 is 0 Å². The number of aliphatic imine (C=N–C) groups is 1. The summed E-state index contributed by atoms with van der Waals surface area (Å²) in [4.78, 5) is 3.60. The topological polar surface area (TPSA) is 12.4 Å². The number of hydrogen-bond donors (Lipinski definition) is 0. The Kier molecular flexibility index (Phi) is 4.81. The maximum Gasteiger partial charge on any atom is 0.138 e. The van der Waals surface area contributed by atoms with Crippen molar-refractivity contribution < 1.29 is 4.39 Å². The van der Waals surface area contributed by atoms with Crippen LogP contribution in [-0.2, 0) is 0 Å². The Morgan fingerprint density at radius 1 is 1.70 bits per heavy atom. The van der Waals surface area contributed by atoms with E-state index in [1.165, 1.54) is 6.21 Å². The predicted octanol–water partition coefficient (Wildman–Crippen LogP) is 2.38. The lowest BCUT2D eigenvalue weighted by molar-refractivity contribution is 0.427. The molecule has 1 nitrogen and oxygen atoms in total. The second kappa shape index (κ2) is 5.15. The molecule has 1 atom stereocenters. The van der Waals surface area contributed by atoms with Crippen LogP contribution in [0.5, 0.6) is 0 Å². The van der Waals surface area contributed by atoms with Gasteiger partial charge in [0.2, 0.25) is 0 Å². The minimum absolute atomic E-state index is 0.466. The van der Waals surface area contributed by atoms with Gasteiger partial charge < -0.3 is 0 Å². The highest BCUT2D eigenvalue weighted by Crippen LogP contribution is 2.05. The van der Waals surface area contributed by atoms with E-state index in [2.05, 4.69) is 4.99 Å². The molecule has 0 spiro atoms. The third kappa shape index (κ3) is 4.24. The van der Waals surface area contributed by atoms with Crippen LogP contribution in [0.3, 0.4) is 0 Å². The molecular weight excluding hydrogens is 129 g/mol. The summed E-state index contributed by atoms with van der Waals surface area (Å²) in [6.45, 7) is 3.82. The highest BCUT2D eigenvalue weighted by molar-refractivity contribution is 5.63. The van der Waals surface area contributed by atoms with Crippen molar-refractivity contribution >= 4 is 6.21 Å². The first-order valence-electron chi connectivity index (χ1n) is 3.38. The second-order valence-corrected chi connectivity index (χ2v) is 2.26. The van der Waals surface area contributed by atoms with Gasteiger partial charge in [-0.05, 0) is 13.8 Å². The fraction of sp³-hybridized carbons (Fsp3) is 0.625. The van der Waals surface area contributed by atoms with Crippen molar-refractivity contribution in [1.82, 2.24) is 0 Å². The summed E-state index contributed by atoms with van der Waals surface area (Å²) in [7, 11) is 1.58. The number of alkyl halides is 1. The van der Waals surface area contributed by atoms with Crippen LogP contribution in [0.15, 0.2) is 16.6 Å². The van der Waals surface area contributed by atoms with Crippen LogP contribution >= 0.6 is 0 Å². The zero-order chi connectivity index (χ0) is 7.98. The van der Waals surface area contributed by atoms with Gasteiger partial charge in [0.25, 0.3) is 0 Å². The van der Waals surface area contributed by atoms with E-state index in [1.807, 2.05) is 19.9 Å². The van der Waals surface area contributed by atoms with Gasteiger partial charge in [0.05, 0.1) is 0 Å². The molecule has 0 aliphatic rings. The van der Waals surface area contributed by atoms with Crippen LogP contribution < -0.4 is 0 Å². The Labute approximate surface area is 61.7 Å². The lowest BCUT2D eigenvalue weighted by Crippen LogP contribution is -2.01. The lowest BCUT2D eigenvalue weighted by atomic mass is 10.1. The number of halogens is 1. The normalized spacial score (nSPS) is 16.2. The summed E-state index contributed by atoms with van der Waals surface area (Å²) in [5.74, 6) is 0. The Morgan fingerprint density at radius 2 is 2.30 bits per heavy atom. The van der Waals surface area contributed by atoms with E-state index in [-0.39, 0.29) is 0 Å². The second-order valence-electron chi connectivity index (χ2n) is 2.26. The summed E-state index contributed by atoms with van der Waals surface area (Å²) >= 11 is 0. The van der Waals surface area contributed by atoms with Crippen LogP contribution in [-0.4, -0.2) is 19.4 Å². The van der Waals surface area contributed by atoms with Crippen molar-refractivity contribution in [3.63, 3.8) is 0 Å². The molecule has 0 aliphatic carbocycles. The Bertz CT molecular complexity index is 138. The van der Waals surface area contributed by atoms with Gasteiger partial charge in [-0.2, -0.15) is 0 Å². The third-order valence-corrected chi connectivity index (χ3v) is 1.32. The molecule has 10 heavy (non-hydrogen) atoms. The minimum atomic E-state index is -0.916. The van der Waals surface area contributed by atoms with E-state index in [0.29, 0.717) is 6.42 Å². The van der Waals surface area contributed by atoms with Gasteiger partial charge in [0.15, 0.2) is 0 Å². The quantitative estimate of drug-likeness (QED) is 0.425. The number of hydrogen-bond acceptors (Lipinski definition) is 1. The van der Waals surface area contributed by atoms with Gasteiger partial charge in [0.1, 0.15) is 6.17 Å². The standard InChI is InChI=1S/C8H14FN/c1-4-7(2)5-8(9)6-10-3/h4,6,8H,5H2,1-3H3/b7-4-,10-6?. The molecular formula is C8H14FN. The van der Waals surface area contributed by atoms with Gasteiger partial charge in [-0.25, -0.2) is 4.39 Å². The van der Waals surface area contributed by atoms with Crippen molar-refractivity contribution in [1.29, 1.82) is 0 Å². The molecule has 0 bridgehead atoms. The van der Waals surface area contributed by atoms with E-state index in [0.717, 1.165) is 5.57 Å². The summed E-state index contributed by atoms with van der Waals surface area (Å²) in [6, 6.07) is 0. The van der Waals surface area contributed by atoms with E-state index < -0.39 is 6.17 Å². The highest BCUT2D eigenvalue weighted by Gasteiger charge is 2.01. The number of allylic oxidation sites excluding steroid dienone is 2. The van der Waals surface area contributed by atoms with Gasteiger partial charge in [-0.15, -0.1) is 0 Å². The smallest absolute Gasteiger partial charge is 0.138 e. The summed E-state index contributed by atoms with van der Waals surface area (Å²) in [5, 5.41) is 0. The molecule has 0 heterocycles. The molecule has 0 fully saturated rings. The molecule has 2 heteroatoms. The Balaban J connectivity index is 3.68. The number of nitrogens with zero attached hydrogens (tertiary/aromatic N) is 1. The first kappa shape index (κ1) is 9.34. The maximum absolute atomic E-state index is 12.7. The van der Waals surface area contributed by atoms with Crippen LogP contribution in [0.25, 0.3) is 0 Å². The van der Waals surface area contributed by atoms with Crippen molar-refractivity contribution in [3.05, 3.63) is 11.6 Å². The van der Waals surface area contributed by atoms with Crippen LogP contribution in [0.4, 0.5) is 4.39 Å². The predicted molar refractivity (Wildman–Crippen MR) is 43.4 cm³/mol. The molecule has 0 N–H and O–H groups in total. The van der Waals surface area contributed by atoms with E-state index in [1.54, 1.807) is 7.05 Å². The monoisotopic (exact) mass is 143 g/mol. The van der Waals surface area contributed by atoms with Crippen molar-refractivity contribution in [3.8, 4) is 0 Å². The van der Waals surface area contributed by atoms with E-state index in [9.17, 15) is 4.39 Å². The molecule has 0 rings (SSSR count). The van der Waals surface area contributed by atoms with E-state index >= 15 is 0 Å². The average molecular weight is 143 g/mol. The van der Waals surface area contributed by atoms with Gasteiger partial charge in [-0.1, -0.05) is 11.6 Å². The summed E-state index contributed by atoms with van der Waals surface area (Å²) in [5.41, 5.74) is 1.06. The summed E-state index contributed by atoms with van der Waals surface area (Å²) in [6.07, 6.45) is 2.79. The van der Waals surface area contributed by atoms with Gasteiger partial charge in [-0.3, -0.25) is 4.99 Å². The zero-order valence-electron chi connectivity index (χ0n) is 6.76. The van der Waals surface area contributed by atoms with Crippen LogP contribution in [0.2, 0.25) is 0 Å². The molecule has 0 aromatic rings. The molecule has 0 amide bonds. The lowest BCUT2D eigenvalue weighted by Gasteiger charge is -2.00. The van der Waals surface area contributed by atoms with Crippen molar-refractivity contribution in [2.24, 2.45) is 4.99 Å². The van der Waals surface area contributed by atoms with E-state index in [4.69, 9.17) is 0 Å². The first-order valence-corrected chi connectivity index (χ1v) is 3.38. The SMILES string of the molecule is C/C=C(/C)CC(F)C=NC. The number of rotatable bonds is 3. The van der Waals surface area contributed by atoms with Crippen LogP contribution in [0.1, 0.15) is 20.3 Å². The van der Waals surface area contributed by atoms with Gasteiger partial charge in [0, 0.05) is 19.7 Å². The fourth-order valence-corrected chi connectivity index (χ4v) is 0.640. The highest BCUT2D eigenvalue weighted by atomic mass is 19.1.